The number of nitrogens with zero attached hydrogens (tertiary/aromatic N) is 4. The average Bonchev–Trinajstić information content (AvgIpc) is 3.20. The van der Waals surface area contributed by atoms with E-state index in [0.717, 1.165) is 57.0 Å². The molecule has 1 aromatic heterocycles. The van der Waals surface area contributed by atoms with Crippen molar-refractivity contribution in [3.8, 4) is 0 Å². The summed E-state index contributed by atoms with van der Waals surface area (Å²) < 4.78 is 5.55. The van der Waals surface area contributed by atoms with Crippen LogP contribution in [0.4, 0.5) is 10.6 Å². The Kier molecular flexibility index (Phi) is 8.15. The molecule has 0 aliphatic carbocycles. The van der Waals surface area contributed by atoms with Crippen molar-refractivity contribution in [1.82, 2.24) is 14.8 Å². The third-order valence-corrected chi connectivity index (χ3v) is 6.25. The van der Waals surface area contributed by atoms with Gasteiger partial charge in [-0.25, -0.2) is 9.78 Å². The predicted octanol–water partition coefficient (Wildman–Crippen LogP) is 4.65. The summed E-state index contributed by atoms with van der Waals surface area (Å²) in [5.74, 6) is 1.02. The molecule has 6 nitrogen and oxygen atoms in total. The van der Waals surface area contributed by atoms with Crippen molar-refractivity contribution in [2.24, 2.45) is 5.41 Å². The fourth-order valence-corrected chi connectivity index (χ4v) is 4.29. The van der Waals surface area contributed by atoms with Gasteiger partial charge in [0.1, 0.15) is 5.82 Å². The summed E-state index contributed by atoms with van der Waals surface area (Å²) in [5, 5.41) is 0.594. The Morgan fingerprint density at radius 1 is 1.35 bits per heavy atom. The van der Waals surface area contributed by atoms with Gasteiger partial charge in [0, 0.05) is 61.7 Å². The van der Waals surface area contributed by atoms with Crippen LogP contribution in [0.15, 0.2) is 60.4 Å². The monoisotopic (exact) mass is 444 g/mol. The highest BCUT2D eigenvalue weighted by atomic mass is 35.5. The van der Waals surface area contributed by atoms with E-state index < -0.39 is 0 Å². The SMILES string of the molecule is C=C/C(Cl)=C\COCCCCN(C(=C)C)C(=O)N1CCC2(C1)CN(c1ccccn1)C2. The third kappa shape index (κ3) is 6.11. The third-order valence-electron chi connectivity index (χ3n) is 5.94. The smallest absolute Gasteiger partial charge is 0.324 e. The van der Waals surface area contributed by atoms with Gasteiger partial charge in [0.05, 0.1) is 6.61 Å². The van der Waals surface area contributed by atoms with Gasteiger partial charge in [-0.15, -0.1) is 0 Å². The maximum absolute atomic E-state index is 13.1. The Labute approximate surface area is 190 Å². The van der Waals surface area contributed by atoms with Gasteiger partial charge in [-0.05, 0) is 44.4 Å². The highest BCUT2D eigenvalue weighted by molar-refractivity contribution is 6.31. The normalized spacial score (nSPS) is 17.5. The Bertz CT molecular complexity index is 805. The van der Waals surface area contributed by atoms with Crippen LogP contribution in [0.25, 0.3) is 0 Å². The van der Waals surface area contributed by atoms with Crippen molar-refractivity contribution in [2.45, 2.75) is 26.2 Å². The number of rotatable bonds is 10. The first kappa shape index (κ1) is 23.4. The van der Waals surface area contributed by atoms with E-state index in [1.54, 1.807) is 12.2 Å². The molecule has 2 aliphatic heterocycles. The summed E-state index contributed by atoms with van der Waals surface area (Å²) in [5.41, 5.74) is 0.985. The van der Waals surface area contributed by atoms with Gasteiger partial charge in [0.15, 0.2) is 0 Å². The molecule has 1 aromatic rings. The van der Waals surface area contributed by atoms with E-state index in [4.69, 9.17) is 16.3 Å². The van der Waals surface area contributed by atoms with Gasteiger partial charge in [-0.3, -0.25) is 4.90 Å². The second kappa shape index (κ2) is 10.8. The highest BCUT2D eigenvalue weighted by Crippen LogP contribution is 2.41. The number of unbranched alkanes of at least 4 members (excludes halogenated alkanes) is 1. The lowest BCUT2D eigenvalue weighted by Crippen LogP contribution is -2.58. The van der Waals surface area contributed by atoms with Gasteiger partial charge < -0.3 is 14.5 Å². The topological polar surface area (TPSA) is 48.9 Å². The number of ether oxygens (including phenoxy) is 1. The number of likely N-dealkylation sites (tertiary alicyclic amines) is 1. The Morgan fingerprint density at radius 3 is 2.84 bits per heavy atom. The summed E-state index contributed by atoms with van der Waals surface area (Å²) in [6.45, 7) is 14.8. The van der Waals surface area contributed by atoms with Crippen LogP contribution in [0.3, 0.4) is 0 Å². The highest BCUT2D eigenvalue weighted by Gasteiger charge is 2.49. The fourth-order valence-electron chi connectivity index (χ4n) is 4.22. The van der Waals surface area contributed by atoms with Crippen LogP contribution in [0.1, 0.15) is 26.2 Å². The van der Waals surface area contributed by atoms with Crippen molar-refractivity contribution < 1.29 is 9.53 Å². The summed E-state index contributed by atoms with van der Waals surface area (Å²) in [6, 6.07) is 6.06. The van der Waals surface area contributed by atoms with Crippen molar-refractivity contribution in [1.29, 1.82) is 0 Å². The molecule has 3 heterocycles. The minimum absolute atomic E-state index is 0.0716. The Morgan fingerprint density at radius 2 is 2.16 bits per heavy atom. The minimum Gasteiger partial charge on any atom is -0.377 e. The molecule has 0 atom stereocenters. The van der Waals surface area contributed by atoms with Gasteiger partial charge in [-0.2, -0.15) is 0 Å². The number of allylic oxidation sites excluding steroid dienone is 3. The second-order valence-corrected chi connectivity index (χ2v) is 8.90. The number of carbonyl (C=O) groups excluding carboxylic acids is 1. The van der Waals surface area contributed by atoms with E-state index in [9.17, 15) is 4.79 Å². The molecule has 0 N–H and O–H groups in total. The number of pyridine rings is 1. The average molecular weight is 445 g/mol. The molecular weight excluding hydrogens is 412 g/mol. The molecule has 1 spiro atoms. The zero-order chi connectivity index (χ0) is 22.3. The predicted molar refractivity (Wildman–Crippen MR) is 126 cm³/mol. The van der Waals surface area contributed by atoms with Crippen molar-refractivity contribution >= 4 is 23.4 Å². The van der Waals surface area contributed by atoms with E-state index in [1.807, 2.05) is 41.1 Å². The minimum atomic E-state index is 0.0716. The molecule has 2 amide bonds. The summed E-state index contributed by atoms with van der Waals surface area (Å²) in [6.07, 6.45) is 7.98. The lowest BCUT2D eigenvalue weighted by atomic mass is 9.79. The second-order valence-electron chi connectivity index (χ2n) is 8.46. The molecule has 3 rings (SSSR count). The molecule has 2 fully saturated rings. The molecule has 7 heteroatoms. The summed E-state index contributed by atoms with van der Waals surface area (Å²) in [7, 11) is 0. The lowest BCUT2D eigenvalue weighted by molar-refractivity contribution is 0.147. The number of amides is 2. The summed E-state index contributed by atoms with van der Waals surface area (Å²) in [4.78, 5) is 23.7. The van der Waals surface area contributed by atoms with Crippen molar-refractivity contribution in [3.05, 3.63) is 60.4 Å². The van der Waals surface area contributed by atoms with Crippen LogP contribution in [0, 0.1) is 5.41 Å². The van der Waals surface area contributed by atoms with Crippen LogP contribution in [0.5, 0.6) is 0 Å². The molecular formula is C24H33ClN4O2. The summed E-state index contributed by atoms with van der Waals surface area (Å²) >= 11 is 5.85. The number of urea groups is 1. The molecule has 0 bridgehead atoms. The molecule has 0 saturated carbocycles. The quantitative estimate of drug-likeness (QED) is 0.389. The van der Waals surface area contributed by atoms with Gasteiger partial charge in [-0.1, -0.05) is 36.9 Å². The molecule has 0 radical (unpaired) electrons. The van der Waals surface area contributed by atoms with Crippen LogP contribution in [-0.2, 0) is 4.74 Å². The maximum atomic E-state index is 13.1. The van der Waals surface area contributed by atoms with Crippen LogP contribution < -0.4 is 4.90 Å². The first-order chi connectivity index (χ1) is 14.9. The van der Waals surface area contributed by atoms with E-state index >= 15 is 0 Å². The van der Waals surface area contributed by atoms with Gasteiger partial charge >= 0.3 is 6.03 Å². The molecule has 0 aromatic carbocycles. The molecule has 2 saturated heterocycles. The Hall–Kier alpha value is -2.31. The maximum Gasteiger partial charge on any atom is 0.324 e. The number of halogens is 1. The van der Waals surface area contributed by atoms with Gasteiger partial charge in [0.25, 0.3) is 0 Å². The fraction of sp³-hybridized carbons (Fsp3) is 0.500. The number of carbonyl (C=O) groups is 1. The zero-order valence-electron chi connectivity index (χ0n) is 18.4. The van der Waals surface area contributed by atoms with Crippen LogP contribution in [-0.4, -0.2) is 66.8 Å². The first-order valence-electron chi connectivity index (χ1n) is 10.9. The molecule has 0 unspecified atom stereocenters. The van der Waals surface area contributed by atoms with E-state index in [-0.39, 0.29) is 11.4 Å². The Balaban J connectivity index is 1.41. The number of anilines is 1. The standard InChI is InChI=1S/C24H33ClN4O2/c1-4-21(25)10-16-31-15-8-7-13-29(20(2)3)23(30)27-14-11-24(17-27)18-28(19-24)22-9-5-6-12-26-22/h4-6,9-10,12H,1-2,7-8,11,13-19H2,3H3/b21-10+. The van der Waals surface area contributed by atoms with E-state index in [2.05, 4.69) is 23.0 Å². The first-order valence-corrected chi connectivity index (χ1v) is 11.3. The number of aromatic nitrogens is 1. The zero-order valence-corrected chi connectivity index (χ0v) is 19.2. The van der Waals surface area contributed by atoms with Crippen molar-refractivity contribution in [2.75, 3.05) is 50.8 Å². The van der Waals surface area contributed by atoms with E-state index in [0.29, 0.717) is 24.8 Å². The number of hydrogen-bond donors (Lipinski definition) is 0. The number of hydrogen-bond acceptors (Lipinski definition) is 4. The van der Waals surface area contributed by atoms with Crippen LogP contribution in [0.2, 0.25) is 0 Å². The molecule has 168 valence electrons. The van der Waals surface area contributed by atoms with Crippen molar-refractivity contribution in [3.63, 3.8) is 0 Å². The largest absolute Gasteiger partial charge is 0.377 e. The lowest BCUT2D eigenvalue weighted by Gasteiger charge is -2.48. The van der Waals surface area contributed by atoms with E-state index in [1.165, 1.54) is 0 Å². The molecule has 2 aliphatic rings. The van der Waals surface area contributed by atoms with Crippen LogP contribution >= 0.6 is 11.6 Å². The van der Waals surface area contributed by atoms with Gasteiger partial charge in [0.2, 0.25) is 0 Å². The molecule has 31 heavy (non-hydrogen) atoms.